The molecular weight excluding hydrogens is 566 g/mol. The van der Waals surface area contributed by atoms with Gasteiger partial charge in [0.05, 0.1) is 11.1 Å². The fourth-order valence-corrected chi connectivity index (χ4v) is 4.29. The van der Waals surface area contributed by atoms with Gasteiger partial charge in [0, 0.05) is 29.6 Å². The molecule has 5 nitrogen and oxygen atoms in total. The maximum atomic E-state index is 12.5. The normalized spacial score (nSPS) is 10.4. The standard InChI is InChI=1S/C14H7Br4NO4/c15-9-7(8(14(22)23)10(16)12(18)11(9)17)13(21)19-5-2-1-3-6(20)4-5/h1-4,20H,(H,19,21)(H,22,23). The number of phenolic OH excluding ortho intramolecular Hbond substituents is 1. The molecule has 0 fully saturated rings. The lowest BCUT2D eigenvalue weighted by Gasteiger charge is -2.14. The summed E-state index contributed by atoms with van der Waals surface area (Å²) in [5, 5.41) is 21.4. The monoisotopic (exact) mass is 569 g/mol. The molecule has 1 amide bonds. The zero-order valence-electron chi connectivity index (χ0n) is 11.0. The second kappa shape index (κ2) is 7.33. The lowest BCUT2D eigenvalue weighted by atomic mass is 10.1. The molecule has 0 aliphatic carbocycles. The third-order valence-corrected chi connectivity index (χ3v) is 7.58. The van der Waals surface area contributed by atoms with Crippen molar-refractivity contribution < 1.29 is 19.8 Å². The van der Waals surface area contributed by atoms with E-state index in [0.717, 1.165) is 0 Å². The molecule has 2 rings (SSSR count). The first kappa shape index (κ1) is 18.4. The van der Waals surface area contributed by atoms with E-state index in [1.165, 1.54) is 12.1 Å². The molecule has 2 aromatic rings. The summed E-state index contributed by atoms with van der Waals surface area (Å²) in [7, 11) is 0. The van der Waals surface area contributed by atoms with Crippen LogP contribution < -0.4 is 5.32 Å². The minimum Gasteiger partial charge on any atom is -0.508 e. The molecule has 9 heteroatoms. The van der Waals surface area contributed by atoms with Gasteiger partial charge in [-0.2, -0.15) is 0 Å². The van der Waals surface area contributed by atoms with Crippen molar-refractivity contribution in [3.05, 3.63) is 53.3 Å². The summed E-state index contributed by atoms with van der Waals surface area (Å²) in [4.78, 5) is 24.1. The zero-order chi connectivity index (χ0) is 17.3. The molecule has 23 heavy (non-hydrogen) atoms. The number of benzene rings is 2. The van der Waals surface area contributed by atoms with Crippen LogP contribution in [0, 0.1) is 0 Å². The summed E-state index contributed by atoms with van der Waals surface area (Å²) in [6.07, 6.45) is 0. The molecule has 0 aliphatic rings. The third-order valence-electron chi connectivity index (χ3n) is 2.81. The molecule has 0 radical (unpaired) electrons. The average Bonchev–Trinajstić information content (AvgIpc) is 2.48. The fourth-order valence-electron chi connectivity index (χ4n) is 1.82. The number of nitrogens with one attached hydrogen (secondary N) is 1. The first-order valence-electron chi connectivity index (χ1n) is 5.93. The Morgan fingerprint density at radius 3 is 2.00 bits per heavy atom. The molecule has 0 aliphatic heterocycles. The fraction of sp³-hybridized carbons (Fsp3) is 0. The van der Waals surface area contributed by atoms with Gasteiger partial charge in [-0.15, -0.1) is 0 Å². The number of anilines is 1. The Morgan fingerprint density at radius 2 is 1.48 bits per heavy atom. The highest BCUT2D eigenvalue weighted by Gasteiger charge is 2.27. The highest BCUT2D eigenvalue weighted by Crippen LogP contribution is 2.42. The molecule has 0 unspecified atom stereocenters. The Bertz CT molecular complexity index is 823. The molecule has 0 bridgehead atoms. The van der Waals surface area contributed by atoms with Crippen molar-refractivity contribution >= 4 is 81.3 Å². The molecule has 2 aromatic carbocycles. The van der Waals surface area contributed by atoms with Gasteiger partial charge in [-0.25, -0.2) is 4.79 Å². The number of amides is 1. The van der Waals surface area contributed by atoms with Crippen LogP contribution in [0.1, 0.15) is 20.7 Å². The van der Waals surface area contributed by atoms with E-state index in [1.807, 2.05) is 0 Å². The van der Waals surface area contributed by atoms with Crippen LogP contribution in [0.25, 0.3) is 0 Å². The molecule has 0 atom stereocenters. The van der Waals surface area contributed by atoms with Crippen molar-refractivity contribution in [1.82, 2.24) is 0 Å². The number of hydrogen-bond acceptors (Lipinski definition) is 3. The van der Waals surface area contributed by atoms with Gasteiger partial charge < -0.3 is 15.5 Å². The minimum atomic E-state index is -1.26. The second-order valence-corrected chi connectivity index (χ2v) is 7.49. The van der Waals surface area contributed by atoms with Crippen LogP contribution in [0.15, 0.2) is 42.2 Å². The highest BCUT2D eigenvalue weighted by atomic mass is 79.9. The minimum absolute atomic E-state index is 0.0153. The van der Waals surface area contributed by atoms with E-state index in [1.54, 1.807) is 12.1 Å². The van der Waals surface area contributed by atoms with Crippen molar-refractivity contribution in [3.63, 3.8) is 0 Å². The Kier molecular flexibility index (Phi) is 5.88. The Labute approximate surface area is 164 Å². The van der Waals surface area contributed by atoms with Crippen LogP contribution in [-0.2, 0) is 0 Å². The van der Waals surface area contributed by atoms with Gasteiger partial charge in [0.2, 0.25) is 0 Å². The molecular formula is C14H7Br4NO4. The maximum Gasteiger partial charge on any atom is 0.337 e. The predicted octanol–water partition coefficient (Wildman–Crippen LogP) is 5.39. The van der Waals surface area contributed by atoms with Crippen molar-refractivity contribution in [3.8, 4) is 5.75 Å². The van der Waals surface area contributed by atoms with Crippen LogP contribution >= 0.6 is 63.7 Å². The van der Waals surface area contributed by atoms with Crippen LogP contribution in [0.3, 0.4) is 0 Å². The van der Waals surface area contributed by atoms with Crippen LogP contribution in [0.4, 0.5) is 5.69 Å². The van der Waals surface area contributed by atoms with Crippen LogP contribution in [0.2, 0.25) is 0 Å². The molecule has 3 N–H and O–H groups in total. The number of halogens is 4. The van der Waals surface area contributed by atoms with Crippen molar-refractivity contribution in [2.45, 2.75) is 0 Å². The summed E-state index contributed by atoms with van der Waals surface area (Å²) < 4.78 is 1.50. The van der Waals surface area contributed by atoms with E-state index in [9.17, 15) is 19.8 Å². The van der Waals surface area contributed by atoms with Crippen molar-refractivity contribution in [1.29, 1.82) is 0 Å². The van der Waals surface area contributed by atoms with Crippen LogP contribution in [0.5, 0.6) is 5.75 Å². The number of aromatic carboxylic acids is 1. The van der Waals surface area contributed by atoms with Crippen molar-refractivity contribution in [2.75, 3.05) is 5.32 Å². The second-order valence-electron chi connectivity index (χ2n) is 4.32. The first-order valence-corrected chi connectivity index (χ1v) is 9.10. The molecule has 0 saturated carbocycles. The number of phenols is 1. The molecule has 0 aromatic heterocycles. The first-order chi connectivity index (χ1) is 10.7. The SMILES string of the molecule is O=C(O)c1c(Br)c(Br)c(Br)c(Br)c1C(=O)Nc1cccc(O)c1. The molecule has 120 valence electrons. The predicted molar refractivity (Wildman–Crippen MR) is 100 cm³/mol. The molecule has 0 saturated heterocycles. The van der Waals surface area contributed by atoms with E-state index in [-0.39, 0.29) is 21.3 Å². The number of carbonyl (C=O) groups is 2. The number of carboxylic acid groups (broad SMARTS) is 1. The van der Waals surface area contributed by atoms with E-state index in [0.29, 0.717) is 19.1 Å². The maximum absolute atomic E-state index is 12.5. The quantitative estimate of drug-likeness (QED) is 0.340. The molecule has 0 spiro atoms. The largest absolute Gasteiger partial charge is 0.508 e. The van der Waals surface area contributed by atoms with E-state index in [2.05, 4.69) is 69.0 Å². The van der Waals surface area contributed by atoms with E-state index < -0.39 is 11.9 Å². The smallest absolute Gasteiger partial charge is 0.337 e. The van der Waals surface area contributed by atoms with E-state index in [4.69, 9.17) is 0 Å². The number of aromatic hydroxyl groups is 1. The van der Waals surface area contributed by atoms with Gasteiger partial charge in [0.25, 0.3) is 5.91 Å². The van der Waals surface area contributed by atoms with Gasteiger partial charge in [0.15, 0.2) is 0 Å². The summed E-state index contributed by atoms with van der Waals surface area (Å²) in [6, 6.07) is 5.96. The van der Waals surface area contributed by atoms with Crippen LogP contribution in [-0.4, -0.2) is 22.1 Å². The average molecular weight is 573 g/mol. The van der Waals surface area contributed by atoms with Crippen molar-refractivity contribution in [2.24, 2.45) is 0 Å². The Morgan fingerprint density at radius 1 is 0.913 bits per heavy atom. The summed E-state index contributed by atoms with van der Waals surface area (Å²) in [5.41, 5.74) is 0.0980. The summed E-state index contributed by atoms with van der Waals surface area (Å²) in [5.74, 6) is -1.90. The third kappa shape index (κ3) is 3.78. The molecule has 0 heterocycles. The number of rotatable bonds is 3. The highest BCUT2D eigenvalue weighted by molar-refractivity contribution is 9.15. The Balaban J connectivity index is 2.58. The zero-order valence-corrected chi connectivity index (χ0v) is 17.4. The van der Waals surface area contributed by atoms with Gasteiger partial charge in [-0.3, -0.25) is 4.79 Å². The Hall–Kier alpha value is -0.900. The lowest BCUT2D eigenvalue weighted by molar-refractivity contribution is 0.0691. The van der Waals surface area contributed by atoms with E-state index >= 15 is 0 Å². The summed E-state index contributed by atoms with van der Waals surface area (Å²) >= 11 is 13.0. The van der Waals surface area contributed by atoms with Gasteiger partial charge in [-0.05, 0) is 75.9 Å². The number of hydrogen-bond donors (Lipinski definition) is 3. The number of carbonyl (C=O) groups excluding carboxylic acids is 1. The summed E-state index contributed by atoms with van der Waals surface area (Å²) in [6.45, 7) is 0. The topological polar surface area (TPSA) is 86.6 Å². The van der Waals surface area contributed by atoms with Gasteiger partial charge >= 0.3 is 5.97 Å². The lowest BCUT2D eigenvalue weighted by Crippen LogP contribution is -2.18. The van der Waals surface area contributed by atoms with Gasteiger partial charge in [-0.1, -0.05) is 6.07 Å². The number of carboxylic acids is 1. The van der Waals surface area contributed by atoms with Gasteiger partial charge in [0.1, 0.15) is 5.75 Å².